The molecule has 202 valence electrons. The van der Waals surface area contributed by atoms with Gasteiger partial charge >= 0.3 is 5.97 Å². The van der Waals surface area contributed by atoms with Gasteiger partial charge in [0, 0.05) is 17.8 Å². The third-order valence-electron chi connectivity index (χ3n) is 13.1. The van der Waals surface area contributed by atoms with Crippen molar-refractivity contribution in [2.45, 2.75) is 106 Å². The first-order valence-corrected chi connectivity index (χ1v) is 14.4. The summed E-state index contributed by atoms with van der Waals surface area (Å²) in [5.74, 6) is -0.378. The summed E-state index contributed by atoms with van der Waals surface area (Å²) in [4.78, 5) is 39.7. The summed E-state index contributed by atoms with van der Waals surface area (Å²) >= 11 is 0. The van der Waals surface area contributed by atoms with E-state index in [0.29, 0.717) is 12.2 Å². The molecule has 5 heteroatoms. The van der Waals surface area contributed by atoms with E-state index in [2.05, 4.69) is 40.7 Å². The van der Waals surface area contributed by atoms with Crippen molar-refractivity contribution in [3.63, 3.8) is 0 Å². The van der Waals surface area contributed by atoms with Crippen molar-refractivity contribution < 1.29 is 19.5 Å². The van der Waals surface area contributed by atoms with Crippen LogP contribution in [0.2, 0.25) is 0 Å². The molecule has 0 spiro atoms. The molecule has 5 nitrogen and oxygen atoms in total. The maximum Gasteiger partial charge on any atom is 0.303 e. The van der Waals surface area contributed by atoms with Crippen molar-refractivity contribution in [1.82, 2.24) is 0 Å². The lowest BCUT2D eigenvalue weighted by Crippen LogP contribution is -2.68. The number of allylic oxidation sites excluding steroid dienone is 2. The molecule has 1 N–H and O–H groups in total. The highest BCUT2D eigenvalue weighted by Crippen LogP contribution is 2.76. The number of Topliss-reactive ketones (excluding diaryl/α,β-unsaturated/α-hetero) is 2. The van der Waals surface area contributed by atoms with Crippen LogP contribution in [0.4, 0.5) is 0 Å². The fraction of sp³-hybridized carbons (Fsp3) is 0.812. The SMILES string of the molecule is CC1(C)CC[C@@]2(CC(=O)O)CC[C@]3(C)[C@H](C(=O)C[C@@H]4[C@@]5(C)C=C(C#N)C(=O)C(C)(C)[C@@H]5CC[C@]43C)[C@H]2C1. The minimum Gasteiger partial charge on any atom is -0.481 e. The van der Waals surface area contributed by atoms with E-state index in [-0.39, 0.29) is 63.1 Å². The van der Waals surface area contributed by atoms with Crippen LogP contribution in [0.5, 0.6) is 0 Å². The number of carboxylic acids is 1. The molecule has 0 amide bonds. The quantitative estimate of drug-likeness (QED) is 0.445. The van der Waals surface area contributed by atoms with Gasteiger partial charge in [-0.3, -0.25) is 14.4 Å². The van der Waals surface area contributed by atoms with E-state index in [9.17, 15) is 24.8 Å². The Kier molecular flexibility index (Phi) is 5.61. The van der Waals surface area contributed by atoms with Crippen molar-refractivity contribution in [3.05, 3.63) is 11.6 Å². The number of ketones is 2. The van der Waals surface area contributed by atoms with Gasteiger partial charge in [-0.15, -0.1) is 0 Å². The minimum absolute atomic E-state index is 0.0619. The summed E-state index contributed by atoms with van der Waals surface area (Å²) < 4.78 is 0. The van der Waals surface area contributed by atoms with Crippen LogP contribution in [0, 0.1) is 67.5 Å². The standard InChI is InChI=1S/C32H45NO4/c1-27(2)10-12-32(17-24(35)36)13-11-31(7)25(20(32)16-27)21(34)14-23-29(5)15-19(18-33)26(37)28(3,4)22(29)8-9-30(23,31)6/h15,20,22-23,25H,8-14,16-17H2,1-7H3,(H,35,36)/t20-,22+,23-,25+,29+,30-,31-,32+/m1/s1. The van der Waals surface area contributed by atoms with Gasteiger partial charge in [0.2, 0.25) is 0 Å². The van der Waals surface area contributed by atoms with E-state index in [4.69, 9.17) is 0 Å². The predicted octanol–water partition coefficient (Wildman–Crippen LogP) is 6.76. The van der Waals surface area contributed by atoms with Crippen molar-refractivity contribution >= 4 is 17.5 Å². The molecule has 0 bridgehead atoms. The number of carbonyl (C=O) groups excluding carboxylic acids is 2. The van der Waals surface area contributed by atoms with Gasteiger partial charge in [0.25, 0.3) is 0 Å². The van der Waals surface area contributed by atoms with Crippen LogP contribution in [0.1, 0.15) is 106 Å². The van der Waals surface area contributed by atoms with E-state index in [0.717, 1.165) is 44.9 Å². The number of carboxylic acid groups (broad SMARTS) is 1. The molecule has 0 aromatic rings. The molecule has 0 unspecified atom stereocenters. The smallest absolute Gasteiger partial charge is 0.303 e. The molecule has 0 radical (unpaired) electrons. The van der Waals surface area contributed by atoms with Crippen LogP contribution in [-0.2, 0) is 14.4 Å². The summed E-state index contributed by atoms with van der Waals surface area (Å²) in [6.45, 7) is 15.5. The third-order valence-corrected chi connectivity index (χ3v) is 13.1. The fourth-order valence-electron chi connectivity index (χ4n) is 11.0. The van der Waals surface area contributed by atoms with E-state index in [1.165, 1.54) is 0 Å². The molecule has 0 heterocycles. The average molecular weight is 508 g/mol. The molecule has 0 aromatic heterocycles. The summed E-state index contributed by atoms with van der Waals surface area (Å²) in [6, 6.07) is 2.19. The number of nitriles is 1. The number of carbonyl (C=O) groups is 3. The van der Waals surface area contributed by atoms with E-state index in [1.54, 1.807) is 0 Å². The first-order valence-electron chi connectivity index (χ1n) is 14.4. The maximum absolute atomic E-state index is 14.4. The predicted molar refractivity (Wildman–Crippen MR) is 141 cm³/mol. The average Bonchev–Trinajstić information content (AvgIpc) is 2.78. The summed E-state index contributed by atoms with van der Waals surface area (Å²) in [5, 5.41) is 19.8. The molecular weight excluding hydrogens is 462 g/mol. The zero-order chi connectivity index (χ0) is 27.4. The van der Waals surface area contributed by atoms with Gasteiger partial charge in [-0.2, -0.15) is 5.26 Å². The van der Waals surface area contributed by atoms with Crippen LogP contribution in [0.15, 0.2) is 11.6 Å². The summed E-state index contributed by atoms with van der Waals surface area (Å²) in [6.07, 6.45) is 9.00. The Morgan fingerprint density at radius 3 is 2.24 bits per heavy atom. The van der Waals surface area contributed by atoms with Crippen LogP contribution in [-0.4, -0.2) is 22.6 Å². The number of hydrogen-bond acceptors (Lipinski definition) is 4. The van der Waals surface area contributed by atoms with Gasteiger partial charge in [-0.1, -0.05) is 54.5 Å². The lowest BCUT2D eigenvalue weighted by molar-refractivity contribution is -0.224. The molecule has 8 atom stereocenters. The van der Waals surface area contributed by atoms with E-state index < -0.39 is 16.8 Å². The first-order chi connectivity index (χ1) is 17.0. The lowest BCUT2D eigenvalue weighted by Gasteiger charge is -2.72. The fourth-order valence-corrected chi connectivity index (χ4v) is 11.0. The Bertz CT molecular complexity index is 1140. The van der Waals surface area contributed by atoms with Crippen LogP contribution in [0.25, 0.3) is 0 Å². The zero-order valence-electron chi connectivity index (χ0n) is 23.9. The molecule has 5 rings (SSSR count). The molecule has 5 aliphatic carbocycles. The zero-order valence-corrected chi connectivity index (χ0v) is 23.9. The molecule has 0 aliphatic heterocycles. The Morgan fingerprint density at radius 1 is 0.973 bits per heavy atom. The van der Waals surface area contributed by atoms with Crippen LogP contribution >= 0.6 is 0 Å². The molecule has 4 fully saturated rings. The molecule has 0 saturated heterocycles. The second-order valence-electron chi connectivity index (χ2n) is 15.6. The maximum atomic E-state index is 14.4. The van der Waals surface area contributed by atoms with Crippen molar-refractivity contribution in [2.24, 2.45) is 56.2 Å². The highest BCUT2D eigenvalue weighted by molar-refractivity contribution is 6.04. The van der Waals surface area contributed by atoms with Crippen molar-refractivity contribution in [1.29, 1.82) is 5.26 Å². The van der Waals surface area contributed by atoms with Gasteiger partial charge in [0.15, 0.2) is 5.78 Å². The molecular formula is C32H45NO4. The second-order valence-corrected chi connectivity index (χ2v) is 15.6. The molecule has 0 aromatic carbocycles. The Hall–Kier alpha value is -1.96. The van der Waals surface area contributed by atoms with Gasteiger partial charge in [-0.05, 0) is 89.8 Å². The third kappa shape index (κ3) is 3.36. The number of aliphatic carboxylic acids is 1. The number of nitrogens with zero attached hydrogens (tertiary/aromatic N) is 1. The molecule has 37 heavy (non-hydrogen) atoms. The Balaban J connectivity index is 1.63. The lowest BCUT2D eigenvalue weighted by atomic mass is 9.31. The van der Waals surface area contributed by atoms with Gasteiger partial charge in [0.05, 0.1) is 12.0 Å². The highest BCUT2D eigenvalue weighted by atomic mass is 16.4. The van der Waals surface area contributed by atoms with Gasteiger partial charge < -0.3 is 5.11 Å². The van der Waals surface area contributed by atoms with E-state index >= 15 is 0 Å². The van der Waals surface area contributed by atoms with E-state index in [1.807, 2.05) is 19.9 Å². The highest BCUT2D eigenvalue weighted by Gasteiger charge is 2.72. The second kappa shape index (κ2) is 7.80. The van der Waals surface area contributed by atoms with Crippen molar-refractivity contribution in [3.8, 4) is 6.07 Å². The number of rotatable bonds is 2. The number of hydrogen-bond donors (Lipinski definition) is 1. The summed E-state index contributed by atoms with van der Waals surface area (Å²) in [7, 11) is 0. The molecule has 5 aliphatic rings. The van der Waals surface area contributed by atoms with Crippen molar-refractivity contribution in [2.75, 3.05) is 0 Å². The number of fused-ring (bicyclic) bond motifs is 7. The Labute approximate surface area is 222 Å². The van der Waals surface area contributed by atoms with Gasteiger partial charge in [-0.25, -0.2) is 0 Å². The normalized spacial score (nSPS) is 47.9. The largest absolute Gasteiger partial charge is 0.481 e. The molecule has 4 saturated carbocycles. The minimum atomic E-state index is -0.739. The topological polar surface area (TPSA) is 95.2 Å². The van der Waals surface area contributed by atoms with Crippen LogP contribution < -0.4 is 0 Å². The Morgan fingerprint density at radius 2 is 1.62 bits per heavy atom. The van der Waals surface area contributed by atoms with Gasteiger partial charge in [0.1, 0.15) is 11.9 Å². The first kappa shape index (κ1) is 26.6. The van der Waals surface area contributed by atoms with Crippen LogP contribution in [0.3, 0.4) is 0 Å². The summed E-state index contributed by atoms with van der Waals surface area (Å²) in [5.41, 5.74) is -1.32. The monoisotopic (exact) mass is 507 g/mol.